The molecular weight excluding hydrogens is 310 g/mol. The molecule has 0 atom stereocenters. The van der Waals surface area contributed by atoms with E-state index in [1.54, 1.807) is 0 Å². The number of amides is 1. The van der Waals surface area contributed by atoms with E-state index in [4.69, 9.17) is 4.74 Å². The predicted octanol–water partition coefficient (Wildman–Crippen LogP) is 5.82. The Morgan fingerprint density at radius 3 is 2.12 bits per heavy atom. The number of carbonyl (C=O) groups excluding carboxylic acids is 1. The van der Waals surface area contributed by atoms with Crippen molar-refractivity contribution in [2.45, 2.75) is 105 Å². The van der Waals surface area contributed by atoms with Crippen LogP contribution in [-0.4, -0.2) is 36.1 Å². The minimum absolute atomic E-state index is 0.0220. The lowest BCUT2D eigenvalue weighted by Crippen LogP contribution is -2.44. The number of carbonyl (C=O) groups is 1. The third kappa shape index (κ3) is 8.11. The Kier molecular flexibility index (Phi) is 9.48. The van der Waals surface area contributed by atoms with E-state index >= 15 is 0 Å². The number of rotatable bonds is 10. The Morgan fingerprint density at radius 1 is 1.04 bits per heavy atom. The predicted molar refractivity (Wildman–Crippen MR) is 107 cm³/mol. The van der Waals surface area contributed by atoms with Crippen molar-refractivity contribution in [2.24, 2.45) is 11.3 Å². The Labute approximate surface area is 156 Å². The molecular formula is C22H43NO2. The van der Waals surface area contributed by atoms with Gasteiger partial charge >= 0.3 is 0 Å². The van der Waals surface area contributed by atoms with Crippen LogP contribution in [0.3, 0.4) is 0 Å². The topological polar surface area (TPSA) is 29.5 Å². The summed E-state index contributed by atoms with van der Waals surface area (Å²) >= 11 is 0. The van der Waals surface area contributed by atoms with Crippen LogP contribution in [0.4, 0.5) is 0 Å². The zero-order chi connectivity index (χ0) is 18.9. The van der Waals surface area contributed by atoms with E-state index in [2.05, 4.69) is 46.4 Å². The highest BCUT2D eigenvalue weighted by Crippen LogP contribution is 2.41. The molecule has 0 aromatic carbocycles. The first-order valence-electron chi connectivity index (χ1n) is 10.6. The number of hydrogen-bond donors (Lipinski definition) is 0. The molecule has 1 aliphatic rings. The van der Waals surface area contributed by atoms with Gasteiger partial charge in [-0.15, -0.1) is 0 Å². The van der Waals surface area contributed by atoms with Crippen LogP contribution in [0.15, 0.2) is 0 Å². The molecule has 1 heterocycles. The van der Waals surface area contributed by atoms with Crippen LogP contribution in [0, 0.1) is 11.3 Å². The van der Waals surface area contributed by atoms with Gasteiger partial charge < -0.3 is 9.64 Å². The lowest BCUT2D eigenvalue weighted by Gasteiger charge is -2.44. The van der Waals surface area contributed by atoms with Gasteiger partial charge in [0.05, 0.1) is 5.60 Å². The van der Waals surface area contributed by atoms with E-state index in [9.17, 15) is 4.79 Å². The van der Waals surface area contributed by atoms with Crippen molar-refractivity contribution in [1.82, 2.24) is 4.90 Å². The maximum atomic E-state index is 12.4. The van der Waals surface area contributed by atoms with Gasteiger partial charge in [0.2, 0.25) is 5.91 Å². The monoisotopic (exact) mass is 353 g/mol. The first-order valence-corrected chi connectivity index (χ1v) is 10.6. The van der Waals surface area contributed by atoms with Gasteiger partial charge in [0.1, 0.15) is 0 Å². The maximum Gasteiger partial charge on any atom is 0.222 e. The summed E-state index contributed by atoms with van der Waals surface area (Å²) in [5, 5.41) is 0. The lowest BCUT2D eigenvalue weighted by atomic mass is 9.68. The second kappa shape index (κ2) is 10.5. The highest BCUT2D eigenvalue weighted by molar-refractivity contribution is 5.76. The molecule has 0 bridgehead atoms. The maximum absolute atomic E-state index is 12.4. The molecule has 0 unspecified atom stereocenters. The van der Waals surface area contributed by atoms with Crippen LogP contribution in [0.2, 0.25) is 0 Å². The van der Waals surface area contributed by atoms with Crippen LogP contribution in [0.5, 0.6) is 0 Å². The molecule has 3 nitrogen and oxygen atoms in total. The van der Waals surface area contributed by atoms with E-state index in [0.29, 0.717) is 11.3 Å². The van der Waals surface area contributed by atoms with E-state index in [-0.39, 0.29) is 5.60 Å². The van der Waals surface area contributed by atoms with Gasteiger partial charge in [0.15, 0.2) is 0 Å². The molecule has 1 amide bonds. The molecule has 0 N–H and O–H groups in total. The first kappa shape index (κ1) is 22.5. The quantitative estimate of drug-likeness (QED) is 0.463. The fraction of sp³-hybridized carbons (Fsp3) is 0.955. The summed E-state index contributed by atoms with van der Waals surface area (Å²) in [7, 11) is 0. The standard InChI is InChI=1S/C22H43NO2/c1-7-22(19(2)3)14-16-23(17-15-22)20(24)13-11-9-8-10-12-18-25-21(4,5)6/h19H,7-18H2,1-6H3. The highest BCUT2D eigenvalue weighted by Gasteiger charge is 2.36. The van der Waals surface area contributed by atoms with Gasteiger partial charge in [0, 0.05) is 26.1 Å². The minimum Gasteiger partial charge on any atom is -0.376 e. The normalized spacial score (nSPS) is 18.0. The molecule has 1 rings (SSSR count). The van der Waals surface area contributed by atoms with Crippen molar-refractivity contribution >= 4 is 5.91 Å². The van der Waals surface area contributed by atoms with Gasteiger partial charge in [-0.25, -0.2) is 0 Å². The molecule has 3 heteroatoms. The van der Waals surface area contributed by atoms with Crippen LogP contribution >= 0.6 is 0 Å². The van der Waals surface area contributed by atoms with Gasteiger partial charge in [-0.05, 0) is 57.8 Å². The third-order valence-electron chi connectivity index (χ3n) is 6.11. The summed E-state index contributed by atoms with van der Waals surface area (Å²) in [5.74, 6) is 1.10. The van der Waals surface area contributed by atoms with Crippen molar-refractivity contribution in [1.29, 1.82) is 0 Å². The van der Waals surface area contributed by atoms with E-state index in [1.165, 1.54) is 38.5 Å². The molecule has 25 heavy (non-hydrogen) atoms. The Morgan fingerprint density at radius 2 is 1.60 bits per heavy atom. The average Bonchev–Trinajstić information content (AvgIpc) is 2.56. The van der Waals surface area contributed by atoms with Crippen LogP contribution in [0.1, 0.15) is 99.3 Å². The first-order chi connectivity index (χ1) is 11.7. The summed E-state index contributed by atoms with van der Waals surface area (Å²) in [6.45, 7) is 16.1. The summed E-state index contributed by atoms with van der Waals surface area (Å²) in [6, 6.07) is 0. The van der Waals surface area contributed by atoms with E-state index < -0.39 is 0 Å². The van der Waals surface area contributed by atoms with Crippen molar-refractivity contribution in [2.75, 3.05) is 19.7 Å². The molecule has 1 aliphatic heterocycles. The van der Waals surface area contributed by atoms with Crippen molar-refractivity contribution in [3.8, 4) is 0 Å². The Balaban J connectivity index is 2.10. The third-order valence-corrected chi connectivity index (χ3v) is 6.11. The number of unbranched alkanes of at least 4 members (excludes halogenated alkanes) is 4. The summed E-state index contributed by atoms with van der Waals surface area (Å²) in [5.41, 5.74) is 0.442. The SMILES string of the molecule is CCC1(C(C)C)CCN(C(=O)CCCCCCCOC(C)(C)C)CC1. The number of hydrogen-bond acceptors (Lipinski definition) is 2. The summed E-state index contributed by atoms with van der Waals surface area (Å²) in [4.78, 5) is 14.5. The van der Waals surface area contributed by atoms with Gasteiger partial charge in [-0.2, -0.15) is 0 Å². The molecule has 1 saturated heterocycles. The smallest absolute Gasteiger partial charge is 0.222 e. The van der Waals surface area contributed by atoms with E-state index in [0.717, 1.165) is 44.9 Å². The van der Waals surface area contributed by atoms with Crippen LogP contribution in [0.25, 0.3) is 0 Å². The van der Waals surface area contributed by atoms with Crippen molar-refractivity contribution in [3.63, 3.8) is 0 Å². The number of ether oxygens (including phenoxy) is 1. The molecule has 0 spiro atoms. The Bertz CT molecular complexity index is 376. The van der Waals surface area contributed by atoms with Gasteiger partial charge in [-0.3, -0.25) is 4.79 Å². The van der Waals surface area contributed by atoms with Crippen LogP contribution < -0.4 is 0 Å². The summed E-state index contributed by atoms with van der Waals surface area (Å²) < 4.78 is 5.74. The average molecular weight is 354 g/mol. The molecule has 0 saturated carbocycles. The molecule has 0 radical (unpaired) electrons. The largest absolute Gasteiger partial charge is 0.376 e. The molecule has 148 valence electrons. The zero-order valence-electron chi connectivity index (χ0n) is 17.8. The number of nitrogens with zero attached hydrogens (tertiary/aromatic N) is 1. The van der Waals surface area contributed by atoms with Crippen molar-refractivity contribution < 1.29 is 9.53 Å². The highest BCUT2D eigenvalue weighted by atomic mass is 16.5. The van der Waals surface area contributed by atoms with E-state index in [1.807, 2.05) is 0 Å². The van der Waals surface area contributed by atoms with Gasteiger partial charge in [-0.1, -0.05) is 46.5 Å². The molecule has 0 aromatic heterocycles. The lowest BCUT2D eigenvalue weighted by molar-refractivity contribution is -0.134. The fourth-order valence-corrected chi connectivity index (χ4v) is 3.99. The second-order valence-corrected chi connectivity index (χ2v) is 9.23. The minimum atomic E-state index is -0.0220. The van der Waals surface area contributed by atoms with Crippen LogP contribution in [-0.2, 0) is 9.53 Å². The second-order valence-electron chi connectivity index (χ2n) is 9.23. The van der Waals surface area contributed by atoms with Crippen molar-refractivity contribution in [3.05, 3.63) is 0 Å². The fourth-order valence-electron chi connectivity index (χ4n) is 3.99. The number of likely N-dealkylation sites (tertiary alicyclic amines) is 1. The molecule has 0 aromatic rings. The molecule has 0 aliphatic carbocycles. The number of piperidine rings is 1. The molecule has 1 fully saturated rings. The Hall–Kier alpha value is -0.570. The van der Waals surface area contributed by atoms with Gasteiger partial charge in [0.25, 0.3) is 0 Å². The zero-order valence-corrected chi connectivity index (χ0v) is 17.8. The summed E-state index contributed by atoms with van der Waals surface area (Å²) in [6.07, 6.45) is 10.1.